The molecule has 5 heteroatoms. The van der Waals surface area contributed by atoms with Crippen LogP contribution in [-0.2, 0) is 4.74 Å². The van der Waals surface area contributed by atoms with Crippen LogP contribution < -0.4 is 10.2 Å². The molecule has 1 atom stereocenters. The summed E-state index contributed by atoms with van der Waals surface area (Å²) in [5.41, 5.74) is 0.978. The Bertz CT molecular complexity index is 384. The van der Waals surface area contributed by atoms with Crippen LogP contribution in [0.25, 0.3) is 0 Å². The van der Waals surface area contributed by atoms with Gasteiger partial charge < -0.3 is 15.0 Å². The molecule has 0 bridgehead atoms. The Labute approximate surface area is 116 Å². The average molecular weight is 266 g/mol. The van der Waals surface area contributed by atoms with Crippen molar-refractivity contribution in [1.29, 1.82) is 0 Å². The van der Waals surface area contributed by atoms with Crippen molar-refractivity contribution in [1.82, 2.24) is 9.97 Å². The van der Waals surface area contributed by atoms with Gasteiger partial charge in [-0.3, -0.25) is 0 Å². The van der Waals surface area contributed by atoms with Gasteiger partial charge in [-0.2, -0.15) is 4.98 Å². The van der Waals surface area contributed by atoms with Gasteiger partial charge in [0.05, 0.1) is 6.61 Å². The van der Waals surface area contributed by atoms with Crippen molar-refractivity contribution >= 4 is 11.8 Å². The van der Waals surface area contributed by atoms with Crippen molar-refractivity contribution in [3.8, 4) is 0 Å². The van der Waals surface area contributed by atoms with E-state index < -0.39 is 0 Å². The van der Waals surface area contributed by atoms with Crippen LogP contribution in [0, 0.1) is 6.92 Å². The lowest BCUT2D eigenvalue weighted by Gasteiger charge is -2.29. The van der Waals surface area contributed by atoms with E-state index in [0.29, 0.717) is 18.6 Å². The van der Waals surface area contributed by atoms with E-state index in [4.69, 9.17) is 4.74 Å². The Morgan fingerprint density at radius 1 is 1.37 bits per heavy atom. The molecule has 1 aromatic heterocycles. The number of hydrogen-bond acceptors (Lipinski definition) is 5. The lowest BCUT2D eigenvalue weighted by Crippen LogP contribution is -2.36. The number of methoxy groups -OCH3 is 1. The lowest BCUT2D eigenvalue weighted by molar-refractivity contribution is 0.203. The Hall–Kier alpha value is -1.36. The van der Waals surface area contributed by atoms with E-state index in [9.17, 15) is 0 Å². The SMILES string of the molecule is CCNc1nc(C)cc(N(CCOC)C(C)CC)n1. The predicted molar refractivity (Wildman–Crippen MR) is 79.9 cm³/mol. The molecule has 1 heterocycles. The highest BCUT2D eigenvalue weighted by molar-refractivity contribution is 5.45. The minimum atomic E-state index is 0.430. The third kappa shape index (κ3) is 4.67. The third-order valence-corrected chi connectivity index (χ3v) is 3.13. The van der Waals surface area contributed by atoms with Gasteiger partial charge in [-0.25, -0.2) is 4.98 Å². The summed E-state index contributed by atoms with van der Waals surface area (Å²) < 4.78 is 5.20. The van der Waals surface area contributed by atoms with E-state index >= 15 is 0 Å². The Balaban J connectivity index is 2.99. The number of aromatic nitrogens is 2. The van der Waals surface area contributed by atoms with Gasteiger partial charge >= 0.3 is 0 Å². The first-order valence-corrected chi connectivity index (χ1v) is 6.97. The summed E-state index contributed by atoms with van der Waals surface area (Å²) in [5, 5.41) is 3.18. The Morgan fingerprint density at radius 3 is 2.68 bits per heavy atom. The van der Waals surface area contributed by atoms with E-state index in [0.717, 1.165) is 31.0 Å². The van der Waals surface area contributed by atoms with E-state index in [1.807, 2.05) is 19.9 Å². The summed E-state index contributed by atoms with van der Waals surface area (Å²) in [7, 11) is 1.73. The highest BCUT2D eigenvalue weighted by Gasteiger charge is 2.15. The standard InChI is InChI=1S/C14H26N4O/c1-6-12(4)18(8-9-19-5)13-10-11(3)16-14(17-13)15-7-2/h10,12H,6-9H2,1-5H3,(H,15,16,17). The maximum atomic E-state index is 5.20. The summed E-state index contributed by atoms with van der Waals surface area (Å²) in [6, 6.07) is 2.46. The second-order valence-electron chi connectivity index (χ2n) is 4.66. The van der Waals surface area contributed by atoms with Gasteiger partial charge in [0.1, 0.15) is 5.82 Å². The molecule has 19 heavy (non-hydrogen) atoms. The molecule has 0 amide bonds. The summed E-state index contributed by atoms with van der Waals surface area (Å²) in [4.78, 5) is 11.3. The van der Waals surface area contributed by atoms with Gasteiger partial charge in [0.15, 0.2) is 0 Å². The molecule has 0 aliphatic rings. The topological polar surface area (TPSA) is 50.3 Å². The van der Waals surface area contributed by atoms with Gasteiger partial charge in [-0.1, -0.05) is 6.92 Å². The van der Waals surface area contributed by atoms with E-state index in [-0.39, 0.29) is 0 Å². The minimum Gasteiger partial charge on any atom is -0.383 e. The highest BCUT2D eigenvalue weighted by Crippen LogP contribution is 2.18. The van der Waals surface area contributed by atoms with Gasteiger partial charge in [0.2, 0.25) is 5.95 Å². The summed E-state index contributed by atoms with van der Waals surface area (Å²) in [6.45, 7) is 10.8. The van der Waals surface area contributed by atoms with Crippen LogP contribution in [0.4, 0.5) is 11.8 Å². The van der Waals surface area contributed by atoms with Gasteiger partial charge in [-0.05, 0) is 27.2 Å². The second kappa shape index (κ2) is 7.94. The largest absolute Gasteiger partial charge is 0.383 e. The monoisotopic (exact) mass is 266 g/mol. The predicted octanol–water partition coefficient (Wildman–Crippen LogP) is 2.47. The van der Waals surface area contributed by atoms with Gasteiger partial charge in [0.25, 0.3) is 0 Å². The number of aryl methyl sites for hydroxylation is 1. The quantitative estimate of drug-likeness (QED) is 0.783. The molecule has 0 radical (unpaired) electrons. The van der Waals surface area contributed by atoms with Crippen LogP contribution >= 0.6 is 0 Å². The molecule has 5 nitrogen and oxygen atoms in total. The molecular weight excluding hydrogens is 240 g/mol. The van der Waals surface area contributed by atoms with Gasteiger partial charge in [0, 0.05) is 38.0 Å². The van der Waals surface area contributed by atoms with Crippen molar-refractivity contribution in [2.24, 2.45) is 0 Å². The van der Waals surface area contributed by atoms with Crippen LogP contribution in [-0.4, -0.2) is 42.8 Å². The number of anilines is 2. The fraction of sp³-hybridized carbons (Fsp3) is 0.714. The molecule has 0 fully saturated rings. The van der Waals surface area contributed by atoms with Crippen LogP contribution in [0.2, 0.25) is 0 Å². The minimum absolute atomic E-state index is 0.430. The molecule has 1 unspecified atom stereocenters. The zero-order valence-electron chi connectivity index (χ0n) is 12.7. The van der Waals surface area contributed by atoms with Crippen LogP contribution in [0.3, 0.4) is 0 Å². The first-order valence-electron chi connectivity index (χ1n) is 6.97. The maximum absolute atomic E-state index is 5.20. The Kier molecular flexibility index (Phi) is 6.56. The molecule has 108 valence electrons. The highest BCUT2D eigenvalue weighted by atomic mass is 16.5. The number of nitrogens with zero attached hydrogens (tertiary/aromatic N) is 3. The van der Waals surface area contributed by atoms with Crippen LogP contribution in [0.15, 0.2) is 6.07 Å². The fourth-order valence-electron chi connectivity index (χ4n) is 1.91. The smallest absolute Gasteiger partial charge is 0.224 e. The molecule has 0 aliphatic carbocycles. The molecule has 0 saturated heterocycles. The van der Waals surface area contributed by atoms with E-state index in [1.54, 1.807) is 7.11 Å². The van der Waals surface area contributed by atoms with Crippen molar-refractivity contribution in [2.75, 3.05) is 37.0 Å². The van der Waals surface area contributed by atoms with E-state index in [1.165, 1.54) is 0 Å². The molecule has 1 aromatic rings. The summed E-state index contributed by atoms with van der Waals surface area (Å²) in [5.74, 6) is 1.66. The van der Waals surface area contributed by atoms with Crippen molar-refractivity contribution in [3.05, 3.63) is 11.8 Å². The van der Waals surface area contributed by atoms with Crippen molar-refractivity contribution in [3.63, 3.8) is 0 Å². The normalized spacial score (nSPS) is 12.3. The molecule has 1 N–H and O–H groups in total. The lowest BCUT2D eigenvalue weighted by atomic mass is 10.2. The summed E-state index contributed by atoms with van der Waals surface area (Å²) >= 11 is 0. The first-order chi connectivity index (χ1) is 9.12. The van der Waals surface area contributed by atoms with Crippen LogP contribution in [0.5, 0.6) is 0 Å². The average Bonchev–Trinajstić information content (AvgIpc) is 2.38. The number of ether oxygens (including phenoxy) is 1. The Morgan fingerprint density at radius 2 is 2.11 bits per heavy atom. The molecule has 0 saturated carbocycles. The third-order valence-electron chi connectivity index (χ3n) is 3.13. The molecule has 1 rings (SSSR count). The zero-order valence-corrected chi connectivity index (χ0v) is 12.7. The second-order valence-corrected chi connectivity index (χ2v) is 4.66. The molecule has 0 aliphatic heterocycles. The van der Waals surface area contributed by atoms with Crippen molar-refractivity contribution in [2.45, 2.75) is 40.2 Å². The number of nitrogens with one attached hydrogen (secondary N) is 1. The fourth-order valence-corrected chi connectivity index (χ4v) is 1.91. The molecule has 0 aromatic carbocycles. The van der Waals surface area contributed by atoms with E-state index in [2.05, 4.69) is 34.0 Å². The number of hydrogen-bond donors (Lipinski definition) is 1. The molecule has 0 spiro atoms. The first kappa shape index (κ1) is 15.7. The number of rotatable bonds is 8. The zero-order chi connectivity index (χ0) is 14.3. The summed E-state index contributed by atoms with van der Waals surface area (Å²) in [6.07, 6.45) is 1.07. The maximum Gasteiger partial charge on any atom is 0.224 e. The van der Waals surface area contributed by atoms with Gasteiger partial charge in [-0.15, -0.1) is 0 Å². The molecular formula is C14H26N4O. The van der Waals surface area contributed by atoms with Crippen molar-refractivity contribution < 1.29 is 4.74 Å². The van der Waals surface area contributed by atoms with Crippen LogP contribution in [0.1, 0.15) is 32.9 Å².